The number of hydrogen-bond acceptors (Lipinski definition) is 4. The first-order chi connectivity index (χ1) is 17.5. The minimum atomic E-state index is -0.395. The second-order valence-corrected chi connectivity index (χ2v) is 9.88. The maximum absolute atomic E-state index is 13.8. The smallest absolute Gasteiger partial charge is 0.226 e. The number of para-hydroxylation sites is 2. The van der Waals surface area contributed by atoms with Gasteiger partial charge in [0.1, 0.15) is 0 Å². The largest absolute Gasteiger partial charge is 0.491 e. The molecule has 1 saturated heterocycles. The Balaban J connectivity index is 1.52. The summed E-state index contributed by atoms with van der Waals surface area (Å²) in [4.78, 5) is 32.7. The second kappa shape index (κ2) is 12.3. The first-order valence-corrected chi connectivity index (χ1v) is 13.2. The van der Waals surface area contributed by atoms with Gasteiger partial charge >= 0.3 is 0 Å². The second-order valence-electron chi connectivity index (χ2n) is 9.88. The van der Waals surface area contributed by atoms with Crippen LogP contribution in [0.4, 0.5) is 10.1 Å². The van der Waals surface area contributed by atoms with Gasteiger partial charge in [-0.15, -0.1) is 0 Å². The van der Waals surface area contributed by atoms with E-state index in [0.717, 1.165) is 36.9 Å². The van der Waals surface area contributed by atoms with E-state index in [2.05, 4.69) is 11.9 Å². The number of anilines is 1. The summed E-state index contributed by atoms with van der Waals surface area (Å²) in [6.07, 6.45) is 5.52. The van der Waals surface area contributed by atoms with Crippen LogP contribution in [0.15, 0.2) is 48.5 Å². The van der Waals surface area contributed by atoms with E-state index in [0.29, 0.717) is 51.0 Å². The third-order valence-electron chi connectivity index (χ3n) is 7.57. The number of fused-ring (bicyclic) bond motifs is 3. The number of nitrogens with zero attached hydrogens (tertiary/aromatic N) is 3. The van der Waals surface area contributed by atoms with Gasteiger partial charge in [-0.25, -0.2) is 4.39 Å². The van der Waals surface area contributed by atoms with Gasteiger partial charge in [-0.3, -0.25) is 14.5 Å². The molecule has 2 atom stereocenters. The summed E-state index contributed by atoms with van der Waals surface area (Å²) in [5, 5.41) is 0. The molecule has 0 saturated carbocycles. The van der Waals surface area contributed by atoms with Gasteiger partial charge in [0.25, 0.3) is 0 Å². The van der Waals surface area contributed by atoms with E-state index in [9.17, 15) is 14.0 Å². The Kier molecular flexibility index (Phi) is 8.97. The zero-order chi connectivity index (χ0) is 25.5. The third kappa shape index (κ3) is 6.25. The van der Waals surface area contributed by atoms with Crippen LogP contribution >= 0.6 is 0 Å². The van der Waals surface area contributed by atoms with Crippen molar-refractivity contribution in [2.24, 2.45) is 0 Å². The highest BCUT2D eigenvalue weighted by atomic mass is 19.1. The van der Waals surface area contributed by atoms with Gasteiger partial charge in [0.15, 0.2) is 11.6 Å². The van der Waals surface area contributed by atoms with E-state index in [1.807, 2.05) is 41.0 Å². The summed E-state index contributed by atoms with van der Waals surface area (Å²) in [6.45, 7) is 3.99. The molecule has 2 aliphatic rings. The summed E-state index contributed by atoms with van der Waals surface area (Å²) < 4.78 is 19.4. The highest BCUT2D eigenvalue weighted by molar-refractivity contribution is 5.94. The Morgan fingerprint density at radius 3 is 2.56 bits per heavy atom. The van der Waals surface area contributed by atoms with Crippen molar-refractivity contribution in [2.75, 3.05) is 31.6 Å². The maximum Gasteiger partial charge on any atom is 0.226 e. The molecular weight excluding hydrogens is 457 g/mol. The van der Waals surface area contributed by atoms with E-state index in [1.54, 1.807) is 18.2 Å². The molecular formula is C29H38FN3O3. The molecule has 0 radical (unpaired) electrons. The zero-order valence-corrected chi connectivity index (χ0v) is 21.5. The lowest BCUT2D eigenvalue weighted by molar-refractivity contribution is -0.133. The molecule has 2 bridgehead atoms. The fourth-order valence-corrected chi connectivity index (χ4v) is 5.46. The topological polar surface area (TPSA) is 53.1 Å². The summed E-state index contributed by atoms with van der Waals surface area (Å²) >= 11 is 0. The van der Waals surface area contributed by atoms with Crippen LogP contribution in [0.3, 0.4) is 0 Å². The highest BCUT2D eigenvalue weighted by Crippen LogP contribution is 2.30. The molecule has 2 unspecified atom stereocenters. The van der Waals surface area contributed by atoms with Gasteiger partial charge in [-0.1, -0.05) is 43.7 Å². The molecule has 2 aliphatic heterocycles. The SMILES string of the molecule is CCC(=O)N1CCC2CCCC(CN(C(=O)CCCOc3ccccc3F)Cc3ccccc31)N2C. The molecule has 7 heteroatoms. The van der Waals surface area contributed by atoms with Crippen molar-refractivity contribution in [3.05, 3.63) is 59.9 Å². The Labute approximate surface area is 214 Å². The molecule has 4 rings (SSSR count). The number of carbonyl (C=O) groups excluding carboxylic acids is 2. The van der Waals surface area contributed by atoms with Gasteiger partial charge in [0.2, 0.25) is 11.8 Å². The van der Waals surface area contributed by atoms with Crippen LogP contribution < -0.4 is 9.64 Å². The first-order valence-electron chi connectivity index (χ1n) is 13.2. The molecule has 36 heavy (non-hydrogen) atoms. The number of ether oxygens (including phenoxy) is 1. The number of piperidine rings is 1. The molecule has 2 amide bonds. The van der Waals surface area contributed by atoms with Crippen molar-refractivity contribution in [1.29, 1.82) is 0 Å². The number of hydrogen-bond donors (Lipinski definition) is 0. The lowest BCUT2D eigenvalue weighted by Crippen LogP contribution is -2.50. The summed E-state index contributed by atoms with van der Waals surface area (Å²) in [5.74, 6) is -0.0108. The molecule has 6 nitrogen and oxygen atoms in total. The third-order valence-corrected chi connectivity index (χ3v) is 7.57. The summed E-state index contributed by atoms with van der Waals surface area (Å²) in [5.41, 5.74) is 1.90. The summed E-state index contributed by atoms with van der Waals surface area (Å²) in [7, 11) is 2.16. The van der Waals surface area contributed by atoms with E-state index in [1.165, 1.54) is 6.07 Å². The molecule has 2 aromatic rings. The van der Waals surface area contributed by atoms with Crippen LogP contribution in [0.5, 0.6) is 5.75 Å². The zero-order valence-electron chi connectivity index (χ0n) is 21.5. The Morgan fingerprint density at radius 2 is 1.75 bits per heavy atom. The molecule has 194 valence electrons. The number of carbonyl (C=O) groups is 2. The predicted octanol–water partition coefficient (Wildman–Crippen LogP) is 5.01. The van der Waals surface area contributed by atoms with E-state index < -0.39 is 5.82 Å². The number of amides is 2. The van der Waals surface area contributed by atoms with Crippen molar-refractivity contribution in [1.82, 2.24) is 9.80 Å². The van der Waals surface area contributed by atoms with E-state index in [4.69, 9.17) is 4.74 Å². The van der Waals surface area contributed by atoms with Gasteiger partial charge in [0, 0.05) is 50.2 Å². The van der Waals surface area contributed by atoms with Gasteiger partial charge in [-0.2, -0.15) is 0 Å². The van der Waals surface area contributed by atoms with Crippen LogP contribution in [0.25, 0.3) is 0 Å². The first kappa shape index (κ1) is 26.1. The Bertz CT molecular complexity index is 1050. The molecule has 0 aliphatic carbocycles. The van der Waals surface area contributed by atoms with Crippen LogP contribution in [-0.2, 0) is 16.1 Å². The molecule has 0 spiro atoms. The van der Waals surface area contributed by atoms with Crippen LogP contribution in [0, 0.1) is 5.82 Å². The number of halogens is 1. The maximum atomic E-state index is 13.8. The fourth-order valence-electron chi connectivity index (χ4n) is 5.46. The Morgan fingerprint density at radius 1 is 1.00 bits per heavy atom. The normalized spacial score (nSPS) is 20.9. The van der Waals surface area contributed by atoms with Gasteiger partial charge < -0.3 is 14.5 Å². The quantitative estimate of drug-likeness (QED) is 0.529. The molecule has 0 N–H and O–H groups in total. The van der Waals surface area contributed by atoms with E-state index >= 15 is 0 Å². The molecule has 2 aromatic carbocycles. The number of likely N-dealkylation sites (N-methyl/N-ethyl adjacent to an activating group) is 1. The minimum absolute atomic E-state index is 0.0603. The molecule has 1 fully saturated rings. The van der Waals surface area contributed by atoms with Crippen molar-refractivity contribution in [3.63, 3.8) is 0 Å². The van der Waals surface area contributed by atoms with Crippen molar-refractivity contribution in [2.45, 2.75) is 70.5 Å². The number of rotatable bonds is 6. The Hall–Kier alpha value is -2.93. The monoisotopic (exact) mass is 495 g/mol. The van der Waals surface area contributed by atoms with Gasteiger partial charge in [-0.05, 0) is 56.5 Å². The average molecular weight is 496 g/mol. The minimum Gasteiger partial charge on any atom is -0.491 e. The highest BCUT2D eigenvalue weighted by Gasteiger charge is 2.32. The van der Waals surface area contributed by atoms with E-state index in [-0.39, 0.29) is 24.2 Å². The average Bonchev–Trinajstić information content (AvgIpc) is 2.90. The molecule has 2 heterocycles. The predicted molar refractivity (Wildman–Crippen MR) is 139 cm³/mol. The van der Waals surface area contributed by atoms with Crippen LogP contribution in [0.1, 0.15) is 57.4 Å². The van der Waals surface area contributed by atoms with Crippen molar-refractivity contribution in [3.8, 4) is 5.75 Å². The summed E-state index contributed by atoms with van der Waals surface area (Å²) in [6, 6.07) is 15.0. The van der Waals surface area contributed by atoms with Crippen LogP contribution in [-0.4, -0.2) is 60.4 Å². The fraction of sp³-hybridized carbons (Fsp3) is 0.517. The number of benzene rings is 2. The standard InChI is InChI=1S/C29H38FN3O3/c1-3-28(34)33-18-17-23-11-8-12-24(31(23)2)21-32(20-22-10-4-6-14-26(22)33)29(35)16-9-19-36-27-15-7-5-13-25(27)30/h4-7,10,13-15,23-24H,3,8-9,11-12,16-21H2,1-2H3. The van der Waals surface area contributed by atoms with Gasteiger partial charge in [0.05, 0.1) is 6.61 Å². The van der Waals surface area contributed by atoms with Crippen molar-refractivity contribution < 1.29 is 18.7 Å². The molecule has 0 aromatic heterocycles. The van der Waals surface area contributed by atoms with Crippen molar-refractivity contribution >= 4 is 17.5 Å². The lowest BCUT2D eigenvalue weighted by Gasteiger charge is -2.42. The van der Waals surface area contributed by atoms with Crippen LogP contribution in [0.2, 0.25) is 0 Å². The lowest BCUT2D eigenvalue weighted by atomic mass is 9.93.